The van der Waals surface area contributed by atoms with E-state index in [0.717, 1.165) is 0 Å². The van der Waals surface area contributed by atoms with Crippen LogP contribution in [0.25, 0.3) is 0 Å². The minimum absolute atomic E-state index is 0.388. The van der Waals surface area contributed by atoms with E-state index >= 15 is 0 Å². The van der Waals surface area contributed by atoms with Gasteiger partial charge < -0.3 is 9.47 Å². The van der Waals surface area contributed by atoms with E-state index in [1.54, 1.807) is 0 Å². The Labute approximate surface area is 112 Å². The van der Waals surface area contributed by atoms with Gasteiger partial charge in [0.25, 0.3) is 0 Å². The Morgan fingerprint density at radius 2 is 1.83 bits per heavy atom. The molecule has 0 aromatic heterocycles. The van der Waals surface area contributed by atoms with Crippen molar-refractivity contribution in [3.63, 3.8) is 0 Å². The molecule has 0 saturated carbocycles. The largest absolute Gasteiger partial charge is 0.466 e. The van der Waals surface area contributed by atoms with Gasteiger partial charge in [-0.2, -0.15) is 0 Å². The van der Waals surface area contributed by atoms with Crippen molar-refractivity contribution in [2.45, 2.75) is 17.9 Å². The number of carbonyl (C=O) groups excluding carboxylic acids is 2. The maximum atomic E-state index is 12.8. The monoisotopic (exact) mass is 318 g/mol. The molecule has 1 aromatic rings. The van der Waals surface area contributed by atoms with E-state index in [-0.39, 0.29) is 5.82 Å². The molecule has 0 aliphatic rings. The molecule has 18 heavy (non-hydrogen) atoms. The zero-order chi connectivity index (χ0) is 13.7. The first kappa shape index (κ1) is 14.6. The van der Waals surface area contributed by atoms with Crippen LogP contribution < -0.4 is 0 Å². The second kappa shape index (κ2) is 6.49. The average Bonchev–Trinajstić information content (AvgIpc) is 2.35. The lowest BCUT2D eigenvalue weighted by atomic mass is 10.1. The van der Waals surface area contributed by atoms with Crippen LogP contribution in [0, 0.1) is 5.82 Å². The van der Waals surface area contributed by atoms with Crippen molar-refractivity contribution in [3.05, 3.63) is 35.6 Å². The van der Waals surface area contributed by atoms with Gasteiger partial charge in [0.2, 0.25) is 6.10 Å². The minimum Gasteiger partial charge on any atom is -0.466 e. The minimum atomic E-state index is -1.11. The van der Waals surface area contributed by atoms with Crippen molar-refractivity contribution in [1.29, 1.82) is 0 Å². The number of methoxy groups -OCH3 is 1. The Morgan fingerprint density at radius 1 is 1.28 bits per heavy atom. The van der Waals surface area contributed by atoms with E-state index in [2.05, 4.69) is 20.7 Å². The summed E-state index contributed by atoms with van der Waals surface area (Å²) in [4.78, 5) is 21.9. The molecule has 98 valence electrons. The Bertz CT molecular complexity index is 432. The van der Waals surface area contributed by atoms with Crippen LogP contribution in [0.15, 0.2) is 24.3 Å². The summed E-state index contributed by atoms with van der Waals surface area (Å²) in [6.07, 6.45) is -1.11. The number of ether oxygens (including phenoxy) is 2. The molecule has 0 N–H and O–H groups in total. The number of hydrogen-bond acceptors (Lipinski definition) is 4. The Morgan fingerprint density at radius 3 is 2.28 bits per heavy atom. The highest BCUT2D eigenvalue weighted by Crippen LogP contribution is 2.29. The summed E-state index contributed by atoms with van der Waals surface area (Å²) >= 11 is 3.25. The molecule has 0 aliphatic heterocycles. The van der Waals surface area contributed by atoms with Gasteiger partial charge in [0, 0.05) is 6.92 Å². The first-order chi connectivity index (χ1) is 8.45. The molecule has 2 atom stereocenters. The van der Waals surface area contributed by atoms with Crippen LogP contribution in [0.2, 0.25) is 0 Å². The normalized spacial score (nSPS) is 13.6. The summed E-state index contributed by atoms with van der Waals surface area (Å²) in [6, 6.07) is 5.50. The van der Waals surface area contributed by atoms with Gasteiger partial charge in [-0.1, -0.05) is 28.1 Å². The third-order valence-corrected chi connectivity index (χ3v) is 3.19. The van der Waals surface area contributed by atoms with Crippen molar-refractivity contribution >= 4 is 27.9 Å². The third kappa shape index (κ3) is 3.80. The highest BCUT2D eigenvalue weighted by atomic mass is 79.9. The average molecular weight is 319 g/mol. The molecule has 1 aromatic carbocycles. The van der Waals surface area contributed by atoms with Gasteiger partial charge >= 0.3 is 11.9 Å². The lowest BCUT2D eigenvalue weighted by molar-refractivity contribution is -0.164. The molecule has 0 radical (unpaired) electrons. The van der Waals surface area contributed by atoms with Crippen LogP contribution >= 0.6 is 15.9 Å². The van der Waals surface area contributed by atoms with Crippen LogP contribution in [0.4, 0.5) is 4.39 Å². The standard InChI is InChI=1S/C12H12BrFO4/c1-7(15)18-11(12(16)17-2)10(13)8-3-5-9(14)6-4-8/h3-6,10-11H,1-2H3/t10-,11-/m1/s1. The first-order valence-electron chi connectivity index (χ1n) is 5.10. The molecule has 1 rings (SSSR count). The van der Waals surface area contributed by atoms with E-state index in [4.69, 9.17) is 4.74 Å². The number of benzene rings is 1. The Hall–Kier alpha value is -1.43. The lowest BCUT2D eigenvalue weighted by Gasteiger charge is -2.20. The number of rotatable bonds is 4. The second-order valence-electron chi connectivity index (χ2n) is 3.51. The zero-order valence-corrected chi connectivity index (χ0v) is 11.4. The number of carbonyl (C=O) groups is 2. The molecule has 0 unspecified atom stereocenters. The van der Waals surface area contributed by atoms with Crippen molar-refractivity contribution < 1.29 is 23.5 Å². The molecule has 0 heterocycles. The van der Waals surface area contributed by atoms with Gasteiger partial charge in [0.15, 0.2) is 0 Å². The van der Waals surface area contributed by atoms with Crippen LogP contribution in [0.5, 0.6) is 0 Å². The molecule has 0 aliphatic carbocycles. The fourth-order valence-electron chi connectivity index (χ4n) is 1.34. The van der Waals surface area contributed by atoms with Gasteiger partial charge in [-0.3, -0.25) is 4.79 Å². The molecule has 0 bridgehead atoms. The van der Waals surface area contributed by atoms with Crippen LogP contribution in [-0.4, -0.2) is 25.2 Å². The second-order valence-corrected chi connectivity index (χ2v) is 4.49. The highest BCUT2D eigenvalue weighted by Gasteiger charge is 2.31. The lowest BCUT2D eigenvalue weighted by Crippen LogP contribution is -2.31. The van der Waals surface area contributed by atoms with E-state index in [0.29, 0.717) is 5.56 Å². The Balaban J connectivity index is 2.94. The summed E-state index contributed by atoms with van der Waals surface area (Å²) in [5.74, 6) is -1.67. The molecule has 0 amide bonds. The number of halogens is 2. The summed E-state index contributed by atoms with van der Waals surface area (Å²) in [5, 5.41) is 0. The predicted octanol–water partition coefficient (Wildman–Crippen LogP) is 2.37. The third-order valence-electron chi connectivity index (χ3n) is 2.18. The molecule has 0 saturated heterocycles. The SMILES string of the molecule is COC(=O)[C@H](OC(C)=O)[C@H](Br)c1ccc(F)cc1. The molecule has 4 nitrogen and oxygen atoms in total. The van der Waals surface area contributed by atoms with Gasteiger partial charge in [-0.15, -0.1) is 0 Å². The van der Waals surface area contributed by atoms with Crippen LogP contribution in [-0.2, 0) is 19.1 Å². The van der Waals surface area contributed by atoms with Gasteiger partial charge in [-0.05, 0) is 17.7 Å². The van der Waals surface area contributed by atoms with Crippen molar-refractivity contribution in [2.24, 2.45) is 0 Å². The van der Waals surface area contributed by atoms with Crippen LogP contribution in [0.3, 0.4) is 0 Å². The fraction of sp³-hybridized carbons (Fsp3) is 0.333. The Kier molecular flexibility index (Phi) is 5.27. The molecule has 0 fully saturated rings. The summed E-state index contributed by atoms with van der Waals surface area (Å²) in [6.45, 7) is 1.19. The maximum Gasteiger partial charge on any atom is 0.348 e. The van der Waals surface area contributed by atoms with Gasteiger partial charge in [0.05, 0.1) is 11.9 Å². The van der Waals surface area contributed by atoms with Crippen molar-refractivity contribution in [1.82, 2.24) is 0 Å². The predicted molar refractivity (Wildman–Crippen MR) is 65.6 cm³/mol. The molecule has 6 heteroatoms. The summed E-state index contributed by atoms with van der Waals surface area (Å²) < 4.78 is 22.2. The van der Waals surface area contributed by atoms with E-state index < -0.39 is 22.9 Å². The molecule has 0 spiro atoms. The zero-order valence-electron chi connectivity index (χ0n) is 9.85. The number of alkyl halides is 1. The number of hydrogen-bond donors (Lipinski definition) is 0. The topological polar surface area (TPSA) is 52.6 Å². The van der Waals surface area contributed by atoms with E-state index in [1.165, 1.54) is 38.3 Å². The quantitative estimate of drug-likeness (QED) is 0.631. The van der Waals surface area contributed by atoms with E-state index in [1.807, 2.05) is 0 Å². The molecular weight excluding hydrogens is 307 g/mol. The van der Waals surface area contributed by atoms with Gasteiger partial charge in [-0.25, -0.2) is 9.18 Å². The highest BCUT2D eigenvalue weighted by molar-refractivity contribution is 9.09. The molecular formula is C12H12BrFO4. The first-order valence-corrected chi connectivity index (χ1v) is 6.02. The maximum absolute atomic E-state index is 12.8. The summed E-state index contributed by atoms with van der Waals surface area (Å²) in [7, 11) is 1.20. The van der Waals surface area contributed by atoms with E-state index in [9.17, 15) is 14.0 Å². The van der Waals surface area contributed by atoms with Crippen molar-refractivity contribution in [3.8, 4) is 0 Å². The smallest absolute Gasteiger partial charge is 0.348 e. The fourth-order valence-corrected chi connectivity index (χ4v) is 1.97. The van der Waals surface area contributed by atoms with Crippen molar-refractivity contribution in [2.75, 3.05) is 7.11 Å². The van der Waals surface area contributed by atoms with Gasteiger partial charge in [0.1, 0.15) is 5.82 Å². The summed E-state index contributed by atoms with van der Waals surface area (Å²) in [5.41, 5.74) is 0.605. The van der Waals surface area contributed by atoms with Crippen LogP contribution in [0.1, 0.15) is 17.3 Å². The number of esters is 2.